The molecular formula is C16H21N3O. The van der Waals surface area contributed by atoms with Crippen LogP contribution in [-0.2, 0) is 0 Å². The van der Waals surface area contributed by atoms with E-state index in [9.17, 15) is 4.79 Å². The molecule has 106 valence electrons. The van der Waals surface area contributed by atoms with Crippen LogP contribution < -0.4 is 11.1 Å². The number of aromatic amines is 1. The number of hydrogen-bond acceptors (Lipinski definition) is 2. The summed E-state index contributed by atoms with van der Waals surface area (Å²) >= 11 is 0. The van der Waals surface area contributed by atoms with Gasteiger partial charge in [-0.2, -0.15) is 0 Å². The highest BCUT2D eigenvalue weighted by Crippen LogP contribution is 2.43. The highest BCUT2D eigenvalue weighted by molar-refractivity contribution is 5.98. The first kappa shape index (κ1) is 13.0. The summed E-state index contributed by atoms with van der Waals surface area (Å²) in [6, 6.07) is 7.48. The lowest BCUT2D eigenvalue weighted by molar-refractivity contribution is 0.0846. The number of nitrogen functional groups attached to an aromatic ring is 1. The number of anilines is 1. The van der Waals surface area contributed by atoms with Gasteiger partial charge in [-0.3, -0.25) is 4.79 Å². The first-order chi connectivity index (χ1) is 9.62. The van der Waals surface area contributed by atoms with E-state index >= 15 is 0 Å². The molecule has 3 rings (SSSR count). The maximum Gasteiger partial charge on any atom is 0.267 e. The minimum atomic E-state index is -0.0282. The molecule has 1 heterocycles. The second kappa shape index (κ2) is 4.85. The largest absolute Gasteiger partial charge is 0.399 e. The molecule has 0 atom stereocenters. The number of hydrogen-bond donors (Lipinski definition) is 3. The maximum atomic E-state index is 12.2. The Kier molecular flexibility index (Phi) is 3.16. The number of fused-ring (bicyclic) bond motifs is 1. The van der Waals surface area contributed by atoms with Gasteiger partial charge in [-0.25, -0.2) is 0 Å². The molecule has 1 aromatic heterocycles. The summed E-state index contributed by atoms with van der Waals surface area (Å²) in [6.07, 6.45) is 4.88. The molecule has 1 fully saturated rings. The van der Waals surface area contributed by atoms with Crippen molar-refractivity contribution in [2.45, 2.75) is 32.6 Å². The summed E-state index contributed by atoms with van der Waals surface area (Å²) in [5, 5.41) is 4.04. The molecule has 1 aliphatic carbocycles. The number of amides is 1. The van der Waals surface area contributed by atoms with Gasteiger partial charge in [-0.1, -0.05) is 13.3 Å². The highest BCUT2D eigenvalue weighted by atomic mass is 16.1. The zero-order chi connectivity index (χ0) is 14.2. The molecule has 1 amide bonds. The van der Waals surface area contributed by atoms with Gasteiger partial charge >= 0.3 is 0 Å². The predicted molar refractivity (Wildman–Crippen MR) is 81.6 cm³/mol. The Balaban J connectivity index is 1.72. The Labute approximate surface area is 118 Å². The third-order valence-corrected chi connectivity index (χ3v) is 4.68. The van der Waals surface area contributed by atoms with Crippen LogP contribution in [0.4, 0.5) is 5.69 Å². The molecular weight excluding hydrogens is 250 g/mol. The van der Waals surface area contributed by atoms with Crippen molar-refractivity contribution in [2.75, 3.05) is 12.3 Å². The van der Waals surface area contributed by atoms with Crippen molar-refractivity contribution in [3.8, 4) is 0 Å². The zero-order valence-corrected chi connectivity index (χ0v) is 11.8. The summed E-state index contributed by atoms with van der Waals surface area (Å²) in [5.41, 5.74) is 8.35. The monoisotopic (exact) mass is 271 g/mol. The zero-order valence-electron chi connectivity index (χ0n) is 11.8. The number of rotatable bonds is 4. The van der Waals surface area contributed by atoms with E-state index in [1.54, 1.807) is 0 Å². The molecule has 0 aliphatic heterocycles. The number of nitrogens with two attached hydrogens (primary N) is 1. The molecule has 0 bridgehead atoms. The first-order valence-corrected chi connectivity index (χ1v) is 7.28. The SMILES string of the molecule is CCC1(CNC(=O)c2cc3cc(N)ccc3[nH]2)CCC1. The van der Waals surface area contributed by atoms with Crippen LogP contribution >= 0.6 is 0 Å². The molecule has 20 heavy (non-hydrogen) atoms. The fourth-order valence-electron chi connectivity index (χ4n) is 2.97. The smallest absolute Gasteiger partial charge is 0.267 e. The molecule has 0 unspecified atom stereocenters. The number of aromatic nitrogens is 1. The number of nitrogens with one attached hydrogen (secondary N) is 2. The van der Waals surface area contributed by atoms with E-state index in [1.165, 1.54) is 19.3 Å². The molecule has 1 aromatic carbocycles. The predicted octanol–water partition coefficient (Wildman–Crippen LogP) is 3.06. The fraction of sp³-hybridized carbons (Fsp3) is 0.438. The average molecular weight is 271 g/mol. The van der Waals surface area contributed by atoms with Gasteiger partial charge in [0.2, 0.25) is 0 Å². The first-order valence-electron chi connectivity index (χ1n) is 7.28. The fourth-order valence-corrected chi connectivity index (χ4v) is 2.97. The average Bonchev–Trinajstić information content (AvgIpc) is 2.80. The standard InChI is InChI=1S/C16H21N3O/c1-2-16(6-3-7-16)10-18-15(20)14-9-11-8-12(17)4-5-13(11)19-14/h4-5,8-9,19H,2-3,6-7,10,17H2,1H3,(H,18,20). The molecule has 4 N–H and O–H groups in total. The quantitative estimate of drug-likeness (QED) is 0.748. The van der Waals surface area contributed by atoms with E-state index in [2.05, 4.69) is 17.2 Å². The molecule has 2 aromatic rings. The second-order valence-corrected chi connectivity index (χ2v) is 5.92. The van der Waals surface area contributed by atoms with Gasteiger partial charge in [0, 0.05) is 23.1 Å². The Morgan fingerprint density at radius 3 is 2.85 bits per heavy atom. The third-order valence-electron chi connectivity index (χ3n) is 4.68. The molecule has 1 saturated carbocycles. The molecule has 0 radical (unpaired) electrons. The normalized spacial score (nSPS) is 16.9. The van der Waals surface area contributed by atoms with Crippen molar-refractivity contribution in [1.82, 2.24) is 10.3 Å². The van der Waals surface area contributed by atoms with E-state index in [1.807, 2.05) is 24.3 Å². The summed E-state index contributed by atoms with van der Waals surface area (Å²) < 4.78 is 0. The molecule has 0 saturated heterocycles. The van der Waals surface area contributed by atoms with Crippen LogP contribution in [-0.4, -0.2) is 17.4 Å². The van der Waals surface area contributed by atoms with Crippen molar-refractivity contribution >= 4 is 22.5 Å². The van der Waals surface area contributed by atoms with E-state index in [0.29, 0.717) is 16.8 Å². The molecule has 0 spiro atoms. The Morgan fingerprint density at radius 2 is 2.20 bits per heavy atom. The number of carbonyl (C=O) groups excluding carboxylic acids is 1. The van der Waals surface area contributed by atoms with Crippen molar-refractivity contribution in [3.63, 3.8) is 0 Å². The van der Waals surface area contributed by atoms with E-state index in [4.69, 9.17) is 5.73 Å². The molecule has 1 aliphatic rings. The summed E-state index contributed by atoms with van der Waals surface area (Å²) in [5.74, 6) is -0.0282. The Morgan fingerprint density at radius 1 is 1.40 bits per heavy atom. The van der Waals surface area contributed by atoms with Gasteiger partial charge in [-0.15, -0.1) is 0 Å². The summed E-state index contributed by atoms with van der Waals surface area (Å²) in [6.45, 7) is 2.98. The van der Waals surface area contributed by atoms with Gasteiger partial charge in [0.15, 0.2) is 0 Å². The lowest BCUT2D eigenvalue weighted by Gasteiger charge is -2.41. The van der Waals surface area contributed by atoms with Crippen LogP contribution in [0.1, 0.15) is 43.1 Å². The van der Waals surface area contributed by atoms with Crippen molar-refractivity contribution in [1.29, 1.82) is 0 Å². The van der Waals surface area contributed by atoms with Gasteiger partial charge in [-0.05, 0) is 48.9 Å². The van der Waals surface area contributed by atoms with Crippen LogP contribution in [0.25, 0.3) is 10.9 Å². The highest BCUT2D eigenvalue weighted by Gasteiger charge is 2.35. The third kappa shape index (κ3) is 2.26. The summed E-state index contributed by atoms with van der Waals surface area (Å²) in [4.78, 5) is 15.4. The topological polar surface area (TPSA) is 70.9 Å². The van der Waals surface area contributed by atoms with Gasteiger partial charge in [0.1, 0.15) is 5.69 Å². The van der Waals surface area contributed by atoms with Gasteiger partial charge in [0.25, 0.3) is 5.91 Å². The molecule has 4 heteroatoms. The molecule has 4 nitrogen and oxygen atoms in total. The maximum absolute atomic E-state index is 12.2. The van der Waals surface area contributed by atoms with E-state index < -0.39 is 0 Å². The van der Waals surface area contributed by atoms with E-state index in [-0.39, 0.29) is 5.91 Å². The van der Waals surface area contributed by atoms with Crippen molar-refractivity contribution in [2.24, 2.45) is 5.41 Å². The van der Waals surface area contributed by atoms with E-state index in [0.717, 1.165) is 23.9 Å². The summed E-state index contributed by atoms with van der Waals surface area (Å²) in [7, 11) is 0. The van der Waals surface area contributed by atoms with Crippen LogP contribution in [0, 0.1) is 5.41 Å². The minimum Gasteiger partial charge on any atom is -0.399 e. The second-order valence-electron chi connectivity index (χ2n) is 5.92. The van der Waals surface area contributed by atoms with Crippen molar-refractivity contribution in [3.05, 3.63) is 30.0 Å². The van der Waals surface area contributed by atoms with Crippen LogP contribution in [0.3, 0.4) is 0 Å². The Hall–Kier alpha value is -1.97. The van der Waals surface area contributed by atoms with Crippen LogP contribution in [0.5, 0.6) is 0 Å². The van der Waals surface area contributed by atoms with Gasteiger partial charge in [0.05, 0.1) is 0 Å². The van der Waals surface area contributed by atoms with Crippen molar-refractivity contribution < 1.29 is 4.79 Å². The van der Waals surface area contributed by atoms with Gasteiger partial charge < -0.3 is 16.0 Å². The number of benzene rings is 1. The lowest BCUT2D eigenvalue weighted by atomic mass is 9.67. The van der Waals surface area contributed by atoms with Crippen LogP contribution in [0.15, 0.2) is 24.3 Å². The number of carbonyl (C=O) groups is 1. The lowest BCUT2D eigenvalue weighted by Crippen LogP contribution is -2.41. The number of H-pyrrole nitrogens is 1. The van der Waals surface area contributed by atoms with Crippen LogP contribution in [0.2, 0.25) is 0 Å². The minimum absolute atomic E-state index is 0.0282. The Bertz CT molecular complexity index is 635.